The highest BCUT2D eigenvalue weighted by Gasteiger charge is 2.71. The minimum Gasteiger partial charge on any atom is -0.691 e. The van der Waals surface area contributed by atoms with Crippen molar-refractivity contribution in [1.82, 2.24) is 0 Å². The molecule has 2 aliphatic carbocycles. The second-order valence-corrected chi connectivity index (χ2v) is 7.13. The van der Waals surface area contributed by atoms with Gasteiger partial charge in [0, 0.05) is 11.8 Å². The van der Waals surface area contributed by atoms with Gasteiger partial charge >= 0.3 is 17.2 Å². The van der Waals surface area contributed by atoms with Crippen LogP contribution >= 0.6 is 12.0 Å². The van der Waals surface area contributed by atoms with Crippen LogP contribution in [0.15, 0.2) is 0 Å². The van der Waals surface area contributed by atoms with Gasteiger partial charge in [0.1, 0.15) is 24.3 Å². The van der Waals surface area contributed by atoms with Gasteiger partial charge in [-0.2, -0.15) is 13.1 Å². The summed E-state index contributed by atoms with van der Waals surface area (Å²) in [6, 6.07) is 0. The average molecular weight is 339 g/mol. The molecule has 0 amide bonds. The summed E-state index contributed by atoms with van der Waals surface area (Å²) >= 11 is -0.740. The van der Waals surface area contributed by atoms with Crippen molar-refractivity contribution in [2.45, 2.75) is 37.7 Å². The Morgan fingerprint density at radius 1 is 1.50 bits per heavy atom. The van der Waals surface area contributed by atoms with Crippen LogP contribution in [-0.4, -0.2) is 29.4 Å². The molecule has 2 saturated carbocycles. The Morgan fingerprint density at radius 3 is 2.82 bits per heavy atom. The largest absolute Gasteiger partial charge is 0.691 e. The lowest BCUT2D eigenvalue weighted by atomic mass is 9.68. The van der Waals surface area contributed by atoms with Crippen LogP contribution in [-0.2, 0) is 28.4 Å². The van der Waals surface area contributed by atoms with E-state index in [1.165, 1.54) is 0 Å². The number of halogens is 2. The summed E-state index contributed by atoms with van der Waals surface area (Å²) in [4.78, 5) is 23.5. The molecule has 22 heavy (non-hydrogen) atoms. The third-order valence-electron chi connectivity index (χ3n) is 5.01. The number of fused-ring (bicyclic) bond motifs is 1. The van der Waals surface area contributed by atoms with E-state index in [1.54, 1.807) is 0 Å². The summed E-state index contributed by atoms with van der Waals surface area (Å²) in [5.41, 5.74) is -0.489. The minimum atomic E-state index is -4.10. The number of ether oxygens (including phenoxy) is 2. The van der Waals surface area contributed by atoms with Gasteiger partial charge in [-0.1, -0.05) is 13.8 Å². The van der Waals surface area contributed by atoms with E-state index < -0.39 is 40.9 Å². The summed E-state index contributed by atoms with van der Waals surface area (Å²) in [6.07, 6.45) is -1.02. The summed E-state index contributed by atoms with van der Waals surface area (Å²) in [7, 11) is 0. The van der Waals surface area contributed by atoms with Crippen molar-refractivity contribution in [3.05, 3.63) is 0 Å². The zero-order valence-electron chi connectivity index (χ0n) is 11.6. The van der Waals surface area contributed by atoms with Crippen molar-refractivity contribution >= 4 is 24.0 Å². The molecule has 1 heterocycles. The second kappa shape index (κ2) is 5.02. The molecule has 2 bridgehead atoms. The van der Waals surface area contributed by atoms with Crippen LogP contribution in [0.25, 0.3) is 0 Å². The fourth-order valence-electron chi connectivity index (χ4n) is 4.14. The maximum Gasteiger partial charge on any atom is 0.415 e. The van der Waals surface area contributed by atoms with Gasteiger partial charge in [-0.3, -0.25) is 9.83 Å². The molecule has 3 aliphatic rings. The molecule has 124 valence electrons. The number of rotatable bonds is 5. The number of hydrogen-bond acceptors (Lipinski definition) is 8. The van der Waals surface area contributed by atoms with Gasteiger partial charge in [-0.25, -0.2) is 4.79 Å². The van der Waals surface area contributed by atoms with Crippen molar-refractivity contribution in [3.8, 4) is 0 Å². The Balaban J connectivity index is 1.74. The fourth-order valence-corrected chi connectivity index (χ4v) is 4.37. The van der Waals surface area contributed by atoms with E-state index in [9.17, 15) is 23.6 Å². The monoisotopic (exact) mass is 339 g/mol. The molecule has 0 aromatic rings. The molecule has 7 nitrogen and oxygen atoms in total. The van der Waals surface area contributed by atoms with Crippen LogP contribution in [0.1, 0.15) is 20.3 Å². The first-order valence-electron chi connectivity index (χ1n) is 6.64. The van der Waals surface area contributed by atoms with Crippen molar-refractivity contribution in [3.63, 3.8) is 0 Å². The Morgan fingerprint density at radius 2 is 2.18 bits per heavy atom. The van der Waals surface area contributed by atoms with Crippen LogP contribution in [0.5, 0.6) is 0 Å². The first-order valence-corrected chi connectivity index (χ1v) is 7.38. The first kappa shape index (κ1) is 15.9. The fraction of sp³-hybridized carbons (Fsp3) is 0.833. The van der Waals surface area contributed by atoms with Crippen LogP contribution in [0.2, 0.25) is 0 Å². The molecule has 3 fully saturated rings. The highest BCUT2D eigenvalue weighted by molar-refractivity contribution is 7.96. The van der Waals surface area contributed by atoms with Crippen molar-refractivity contribution < 1.29 is 42.5 Å². The minimum absolute atomic E-state index is 0.118. The molecule has 10 heteroatoms. The predicted octanol–water partition coefficient (Wildman–Crippen LogP) is 0.580. The van der Waals surface area contributed by atoms with Crippen molar-refractivity contribution in [2.75, 3.05) is 0 Å². The molecule has 5 unspecified atom stereocenters. The van der Waals surface area contributed by atoms with Gasteiger partial charge in [0.2, 0.25) is 0 Å². The van der Waals surface area contributed by atoms with Crippen LogP contribution in [0.3, 0.4) is 0 Å². The number of carbonyl (C=O) groups excluding carboxylic acids is 2. The van der Waals surface area contributed by atoms with Gasteiger partial charge in [0.25, 0.3) is 0 Å². The Hall–Kier alpha value is -0.970. The third-order valence-corrected chi connectivity index (χ3v) is 5.51. The van der Waals surface area contributed by atoms with Crippen LogP contribution in [0, 0.1) is 23.2 Å². The maximum absolute atomic E-state index is 13.4. The normalized spacial score (nSPS) is 38.2. The standard InChI is InChI=1S/C12H14F2O7S/c1-11(2)5-3-4-6(11)9(15)18-7(4)8(5)19-10(16)12(13,14)22-21-20-17/h4-8,17H,3H2,1-2H3/p-1. The molecule has 5 atom stereocenters. The lowest BCUT2D eigenvalue weighted by Gasteiger charge is -2.37. The number of hydrogen-bond donors (Lipinski definition) is 0. The topological polar surface area (TPSA) is 94.1 Å². The van der Waals surface area contributed by atoms with Crippen molar-refractivity contribution in [1.29, 1.82) is 0 Å². The summed E-state index contributed by atoms with van der Waals surface area (Å²) < 4.78 is 40.5. The molecule has 0 radical (unpaired) electrons. The van der Waals surface area contributed by atoms with E-state index in [0.29, 0.717) is 6.42 Å². The lowest BCUT2D eigenvalue weighted by molar-refractivity contribution is -0.777. The summed E-state index contributed by atoms with van der Waals surface area (Å²) in [5.74, 6) is -2.87. The lowest BCUT2D eigenvalue weighted by Crippen LogP contribution is -2.46. The van der Waals surface area contributed by atoms with E-state index in [-0.39, 0.29) is 23.7 Å². The van der Waals surface area contributed by atoms with E-state index in [0.717, 1.165) is 0 Å². The zero-order valence-corrected chi connectivity index (χ0v) is 12.4. The molecular formula is C12H13F2O7S-. The smallest absolute Gasteiger partial charge is 0.415 e. The number of alkyl halides is 2. The molecule has 0 N–H and O–H groups in total. The number of esters is 2. The summed E-state index contributed by atoms with van der Waals surface area (Å²) in [5, 5.41) is 8.29. The van der Waals surface area contributed by atoms with E-state index in [4.69, 9.17) is 9.47 Å². The molecule has 0 spiro atoms. The van der Waals surface area contributed by atoms with Gasteiger partial charge < -0.3 is 14.7 Å². The Labute approximate surface area is 128 Å². The highest BCUT2D eigenvalue weighted by Crippen LogP contribution is 2.64. The van der Waals surface area contributed by atoms with E-state index in [1.807, 2.05) is 13.8 Å². The molecule has 1 saturated heterocycles. The quantitative estimate of drug-likeness (QED) is 0.311. The Kier molecular flexibility index (Phi) is 3.63. The van der Waals surface area contributed by atoms with E-state index in [2.05, 4.69) is 9.37 Å². The second-order valence-electron chi connectivity index (χ2n) is 6.31. The molecule has 1 aliphatic heterocycles. The molecule has 0 aromatic carbocycles. The predicted molar refractivity (Wildman–Crippen MR) is 63.3 cm³/mol. The van der Waals surface area contributed by atoms with Gasteiger partial charge in [-0.05, 0) is 11.8 Å². The average Bonchev–Trinajstić information content (AvgIpc) is 2.99. The third kappa shape index (κ3) is 2.12. The van der Waals surface area contributed by atoms with Crippen LogP contribution < -0.4 is 5.26 Å². The van der Waals surface area contributed by atoms with Gasteiger partial charge in [0.15, 0.2) is 0 Å². The van der Waals surface area contributed by atoms with Gasteiger partial charge in [-0.15, -0.1) is 0 Å². The van der Waals surface area contributed by atoms with Crippen molar-refractivity contribution in [2.24, 2.45) is 23.2 Å². The molecule has 0 aromatic heterocycles. The SMILES string of the molecule is CC1(C)C2CC3C(OC(=O)C31)C2OC(=O)C(F)(F)SOO[O-]. The van der Waals surface area contributed by atoms with E-state index >= 15 is 0 Å². The maximum atomic E-state index is 13.4. The Bertz CT molecular complexity index is 512. The first-order chi connectivity index (χ1) is 10.2. The molecular weight excluding hydrogens is 326 g/mol. The number of carbonyl (C=O) groups is 2. The zero-order chi connectivity index (χ0) is 16.3. The summed E-state index contributed by atoms with van der Waals surface area (Å²) in [6.45, 7) is 3.68. The van der Waals surface area contributed by atoms with Crippen LogP contribution in [0.4, 0.5) is 8.78 Å². The highest BCUT2D eigenvalue weighted by atomic mass is 32.2. The van der Waals surface area contributed by atoms with Gasteiger partial charge in [0.05, 0.1) is 5.92 Å². The molecule has 3 rings (SSSR count).